The van der Waals surface area contributed by atoms with Crippen LogP contribution in [0.1, 0.15) is 11.1 Å². The first kappa shape index (κ1) is 18.8. The fourth-order valence-corrected chi connectivity index (χ4v) is 3.23. The van der Waals surface area contributed by atoms with Crippen molar-refractivity contribution in [1.29, 1.82) is 0 Å². The molecule has 0 saturated heterocycles. The molecule has 0 aliphatic carbocycles. The van der Waals surface area contributed by atoms with Crippen molar-refractivity contribution in [2.24, 2.45) is 5.10 Å². The smallest absolute Gasteiger partial charge is 0.267 e. The maximum absolute atomic E-state index is 13.2. The molecule has 0 saturated carbocycles. The first-order valence-corrected chi connectivity index (χ1v) is 9.53. The van der Waals surface area contributed by atoms with Crippen molar-refractivity contribution in [3.63, 3.8) is 0 Å². The Morgan fingerprint density at radius 3 is 2.21 bits per heavy atom. The molecule has 6 nitrogen and oxygen atoms in total. The van der Waals surface area contributed by atoms with Crippen molar-refractivity contribution in [3.05, 3.63) is 110 Å². The number of hydrazone groups is 1. The summed E-state index contributed by atoms with van der Waals surface area (Å²) >= 11 is 3.41. The fraction of sp³-hybridized carbons (Fsp3) is 0. The average Bonchev–Trinajstić information content (AvgIpc) is 3.06. The quantitative estimate of drug-likeness (QED) is 0.313. The molecule has 0 bridgehead atoms. The van der Waals surface area contributed by atoms with Crippen molar-refractivity contribution >= 4 is 45.0 Å². The molecule has 0 spiro atoms. The third-order valence-corrected chi connectivity index (χ3v) is 4.94. The zero-order valence-corrected chi connectivity index (χ0v) is 16.6. The predicted molar refractivity (Wildman–Crippen MR) is 116 cm³/mol. The molecule has 0 atom stereocenters. The Hall–Kier alpha value is -3.58. The van der Waals surface area contributed by atoms with E-state index in [9.17, 15) is 14.9 Å². The number of hydrogen-bond donors (Lipinski definition) is 0. The second-order valence-corrected chi connectivity index (χ2v) is 7.23. The van der Waals surface area contributed by atoms with Gasteiger partial charge in [-0.3, -0.25) is 14.9 Å². The van der Waals surface area contributed by atoms with Gasteiger partial charge >= 0.3 is 0 Å². The molecule has 142 valence electrons. The van der Waals surface area contributed by atoms with Gasteiger partial charge in [0.25, 0.3) is 11.6 Å². The van der Waals surface area contributed by atoms with Crippen molar-refractivity contribution in [2.45, 2.75) is 0 Å². The van der Waals surface area contributed by atoms with E-state index in [1.807, 2.05) is 54.6 Å². The summed E-state index contributed by atoms with van der Waals surface area (Å²) in [5.74, 6) is -0.291. The minimum atomic E-state index is -0.479. The van der Waals surface area contributed by atoms with E-state index in [1.54, 1.807) is 6.08 Å². The first-order chi connectivity index (χ1) is 14.0. The van der Waals surface area contributed by atoms with E-state index in [2.05, 4.69) is 21.0 Å². The molecule has 0 unspecified atom stereocenters. The van der Waals surface area contributed by atoms with Crippen LogP contribution in [0, 0.1) is 10.1 Å². The van der Waals surface area contributed by atoms with Crippen LogP contribution < -0.4 is 5.01 Å². The number of anilines is 1. The van der Waals surface area contributed by atoms with Gasteiger partial charge in [-0.25, -0.2) is 0 Å². The number of amides is 1. The summed E-state index contributed by atoms with van der Waals surface area (Å²) < 4.78 is 0.946. The van der Waals surface area contributed by atoms with E-state index in [4.69, 9.17) is 0 Å². The summed E-state index contributed by atoms with van der Waals surface area (Å²) in [6, 6.07) is 22.8. The van der Waals surface area contributed by atoms with Gasteiger partial charge in [-0.15, -0.1) is 0 Å². The van der Waals surface area contributed by atoms with Crippen LogP contribution in [-0.4, -0.2) is 16.5 Å². The molecule has 0 aromatic heterocycles. The Morgan fingerprint density at radius 2 is 1.59 bits per heavy atom. The lowest BCUT2D eigenvalue weighted by molar-refractivity contribution is -0.384. The standard InChI is InChI=1S/C22H14BrN3O3/c23-17-8-6-15(7-9-17)14-20-21(16-4-2-1-3-5-16)24-25(22(20)27)18-10-12-19(13-11-18)26(28)29/h1-14H/b20-14+. The number of nitro groups is 1. The van der Waals surface area contributed by atoms with Gasteiger partial charge in [0.15, 0.2) is 0 Å². The number of nitrogens with zero attached hydrogens (tertiary/aromatic N) is 3. The molecule has 1 heterocycles. The number of benzene rings is 3. The fourth-order valence-electron chi connectivity index (χ4n) is 2.97. The highest BCUT2D eigenvalue weighted by Crippen LogP contribution is 2.29. The molecule has 4 rings (SSSR count). The number of carbonyl (C=O) groups is 1. The first-order valence-electron chi connectivity index (χ1n) is 8.73. The third-order valence-electron chi connectivity index (χ3n) is 4.41. The third kappa shape index (κ3) is 3.86. The van der Waals surface area contributed by atoms with Gasteiger partial charge in [0.05, 0.1) is 16.2 Å². The van der Waals surface area contributed by atoms with E-state index in [-0.39, 0.29) is 11.6 Å². The summed E-state index contributed by atoms with van der Waals surface area (Å²) in [6.07, 6.45) is 1.80. The lowest BCUT2D eigenvalue weighted by Crippen LogP contribution is -2.21. The van der Waals surface area contributed by atoms with Gasteiger partial charge in [-0.1, -0.05) is 58.4 Å². The van der Waals surface area contributed by atoms with Gasteiger partial charge < -0.3 is 0 Å². The SMILES string of the molecule is O=C1/C(=C/c2ccc(Br)cc2)C(c2ccccc2)=NN1c1ccc([N+](=O)[O-])cc1. The van der Waals surface area contributed by atoms with Gasteiger partial charge in [-0.2, -0.15) is 10.1 Å². The number of nitro benzene ring substituents is 1. The van der Waals surface area contributed by atoms with E-state index in [0.29, 0.717) is 17.0 Å². The second-order valence-electron chi connectivity index (χ2n) is 6.31. The lowest BCUT2D eigenvalue weighted by atomic mass is 10.0. The van der Waals surface area contributed by atoms with Crippen molar-refractivity contribution < 1.29 is 9.72 Å². The monoisotopic (exact) mass is 447 g/mol. The van der Waals surface area contributed by atoms with E-state index in [0.717, 1.165) is 15.6 Å². The van der Waals surface area contributed by atoms with E-state index in [1.165, 1.54) is 29.3 Å². The molecule has 1 amide bonds. The number of non-ortho nitro benzene ring substituents is 1. The van der Waals surface area contributed by atoms with Crippen LogP contribution in [0.3, 0.4) is 0 Å². The predicted octanol–water partition coefficient (Wildman–Crippen LogP) is 5.19. The van der Waals surface area contributed by atoms with Crippen LogP contribution in [0.2, 0.25) is 0 Å². The Balaban J connectivity index is 1.78. The normalized spacial score (nSPS) is 14.9. The minimum absolute atomic E-state index is 0.0433. The molecular weight excluding hydrogens is 434 g/mol. The molecule has 29 heavy (non-hydrogen) atoms. The summed E-state index contributed by atoms with van der Waals surface area (Å²) in [5.41, 5.74) is 3.11. The molecular formula is C22H14BrN3O3. The average molecular weight is 448 g/mol. The molecule has 1 aliphatic rings. The Morgan fingerprint density at radius 1 is 0.931 bits per heavy atom. The van der Waals surface area contributed by atoms with Crippen LogP contribution in [0.25, 0.3) is 6.08 Å². The molecule has 7 heteroatoms. The summed E-state index contributed by atoms with van der Waals surface area (Å²) in [6.45, 7) is 0. The van der Waals surface area contributed by atoms with Crippen LogP contribution in [0.5, 0.6) is 0 Å². The highest BCUT2D eigenvalue weighted by Gasteiger charge is 2.32. The lowest BCUT2D eigenvalue weighted by Gasteiger charge is -2.11. The number of carbonyl (C=O) groups excluding carboxylic acids is 1. The number of halogens is 1. The Bertz CT molecular complexity index is 1140. The molecule has 3 aromatic rings. The Kier molecular flexibility index (Phi) is 5.05. The summed E-state index contributed by atoms with van der Waals surface area (Å²) in [5, 5.41) is 16.7. The second kappa shape index (κ2) is 7.81. The van der Waals surface area contributed by atoms with E-state index < -0.39 is 4.92 Å². The van der Waals surface area contributed by atoms with Crippen molar-refractivity contribution in [2.75, 3.05) is 5.01 Å². The Labute approximate surface area is 175 Å². The van der Waals surface area contributed by atoms with Gasteiger partial charge in [0.2, 0.25) is 0 Å². The molecule has 3 aromatic carbocycles. The van der Waals surface area contributed by atoms with Crippen molar-refractivity contribution in [1.82, 2.24) is 0 Å². The summed E-state index contributed by atoms with van der Waals surface area (Å²) in [4.78, 5) is 23.6. The van der Waals surface area contributed by atoms with E-state index >= 15 is 0 Å². The summed E-state index contributed by atoms with van der Waals surface area (Å²) in [7, 11) is 0. The van der Waals surface area contributed by atoms with Crippen molar-refractivity contribution in [3.8, 4) is 0 Å². The van der Waals surface area contributed by atoms with Crippen LogP contribution >= 0.6 is 15.9 Å². The topological polar surface area (TPSA) is 75.8 Å². The highest BCUT2D eigenvalue weighted by molar-refractivity contribution is 9.10. The molecule has 1 aliphatic heterocycles. The highest BCUT2D eigenvalue weighted by atomic mass is 79.9. The largest absolute Gasteiger partial charge is 0.281 e. The molecule has 0 fully saturated rings. The maximum atomic E-state index is 13.2. The minimum Gasteiger partial charge on any atom is -0.267 e. The van der Waals surface area contributed by atoms with Gasteiger partial charge in [0, 0.05) is 22.2 Å². The number of rotatable bonds is 4. The zero-order valence-electron chi connectivity index (χ0n) is 15.0. The zero-order chi connectivity index (χ0) is 20.4. The van der Waals surface area contributed by atoms with Gasteiger partial charge in [0.1, 0.15) is 5.71 Å². The maximum Gasteiger partial charge on any atom is 0.281 e. The van der Waals surface area contributed by atoms with Gasteiger partial charge in [-0.05, 0) is 35.9 Å². The van der Waals surface area contributed by atoms with Crippen LogP contribution in [0.15, 0.2) is 94.0 Å². The van der Waals surface area contributed by atoms with Crippen LogP contribution in [-0.2, 0) is 4.79 Å². The number of hydrogen-bond acceptors (Lipinski definition) is 4. The molecule has 0 N–H and O–H groups in total. The molecule has 0 radical (unpaired) electrons. The van der Waals surface area contributed by atoms with Crippen LogP contribution in [0.4, 0.5) is 11.4 Å².